The molecule has 0 bridgehead atoms. The first-order valence-electron chi connectivity index (χ1n) is 11.8. The fraction of sp³-hybridized carbons (Fsp3) is 0. The van der Waals surface area contributed by atoms with Gasteiger partial charge in [-0.05, 0) is 48.6 Å². The molecule has 5 N–H and O–H groups in total. The summed E-state index contributed by atoms with van der Waals surface area (Å²) >= 11 is 5.41. The SMILES string of the molecule is O=[N+]([O-])c1ccc(Nc2nc(NC(=S)NNc3ccnc4ccccc34)nc(Nc3ccc([N+](=O)[O-])cc3)n2)cc1. The summed E-state index contributed by atoms with van der Waals surface area (Å²) in [5, 5.41) is 31.8. The third-order valence-corrected chi connectivity index (χ3v) is 5.69. The Balaban J connectivity index is 1.35. The van der Waals surface area contributed by atoms with Crippen LogP contribution < -0.4 is 26.8 Å². The Morgan fingerprint density at radius 1 is 0.707 bits per heavy atom. The lowest BCUT2D eigenvalue weighted by atomic mass is 10.2. The van der Waals surface area contributed by atoms with Crippen molar-refractivity contribution in [3.63, 3.8) is 0 Å². The van der Waals surface area contributed by atoms with E-state index in [1.54, 1.807) is 12.3 Å². The van der Waals surface area contributed by atoms with Gasteiger partial charge in [-0.1, -0.05) is 18.2 Å². The minimum absolute atomic E-state index is 0.0627. The number of thiocarbonyl (C=S) groups is 1. The van der Waals surface area contributed by atoms with Crippen molar-refractivity contribution in [2.45, 2.75) is 0 Å². The minimum atomic E-state index is -0.502. The molecule has 3 aromatic carbocycles. The predicted molar refractivity (Wildman–Crippen MR) is 157 cm³/mol. The first kappa shape index (κ1) is 26.6. The number of benzene rings is 3. The van der Waals surface area contributed by atoms with E-state index in [-0.39, 0.29) is 34.3 Å². The Morgan fingerprint density at radius 3 is 1.80 bits per heavy atom. The lowest BCUT2D eigenvalue weighted by Gasteiger charge is -2.14. The highest BCUT2D eigenvalue weighted by Crippen LogP contribution is 2.23. The van der Waals surface area contributed by atoms with Crippen molar-refractivity contribution < 1.29 is 9.85 Å². The molecule has 15 nitrogen and oxygen atoms in total. The molecule has 0 amide bonds. The van der Waals surface area contributed by atoms with Crippen LogP contribution in [0.3, 0.4) is 0 Å². The van der Waals surface area contributed by atoms with E-state index in [0.29, 0.717) is 11.4 Å². The molecule has 16 heteroatoms. The van der Waals surface area contributed by atoms with Crippen LogP contribution in [-0.4, -0.2) is 34.9 Å². The number of hydrogen-bond acceptors (Lipinski definition) is 12. The molecule has 0 aliphatic carbocycles. The molecule has 0 radical (unpaired) electrons. The minimum Gasteiger partial charge on any atom is -0.324 e. The van der Waals surface area contributed by atoms with Crippen LogP contribution in [0.15, 0.2) is 85.1 Å². The van der Waals surface area contributed by atoms with Crippen LogP contribution in [0.5, 0.6) is 0 Å². The molecular weight excluding hydrogens is 550 g/mol. The summed E-state index contributed by atoms with van der Waals surface area (Å²) in [6.07, 6.45) is 1.67. The maximum Gasteiger partial charge on any atom is 0.269 e. The summed E-state index contributed by atoms with van der Waals surface area (Å²) in [5.41, 5.74) is 8.31. The van der Waals surface area contributed by atoms with E-state index in [1.807, 2.05) is 24.3 Å². The van der Waals surface area contributed by atoms with E-state index in [4.69, 9.17) is 12.2 Å². The van der Waals surface area contributed by atoms with E-state index < -0.39 is 9.85 Å². The van der Waals surface area contributed by atoms with E-state index in [1.165, 1.54) is 48.5 Å². The van der Waals surface area contributed by atoms with Crippen LogP contribution >= 0.6 is 12.2 Å². The zero-order valence-electron chi connectivity index (χ0n) is 20.8. The van der Waals surface area contributed by atoms with Crippen LogP contribution in [0.25, 0.3) is 10.9 Å². The van der Waals surface area contributed by atoms with Crippen LogP contribution in [0.2, 0.25) is 0 Å². The monoisotopic (exact) mass is 569 g/mol. The van der Waals surface area contributed by atoms with Gasteiger partial charge in [-0.3, -0.25) is 41.4 Å². The summed E-state index contributed by atoms with van der Waals surface area (Å²) in [4.78, 5) is 38.3. The molecule has 0 aliphatic heterocycles. The standard InChI is InChI=1S/C25H19N11O4S/c37-35(38)17-9-5-15(6-10-17)27-22-29-23(28-16-7-11-18(12-8-16)36(39)40)31-24(30-22)32-25(41)34-33-21-13-14-26-20-4-2-1-3-19(20)21/h1-14H,(H,26,33)(H4,27,28,29,30,31,32,34,41). The third kappa shape index (κ3) is 6.70. The number of nitro groups is 2. The second kappa shape index (κ2) is 11.8. The van der Waals surface area contributed by atoms with Crippen molar-refractivity contribution in [2.24, 2.45) is 0 Å². The first-order valence-corrected chi connectivity index (χ1v) is 12.2. The zero-order chi connectivity index (χ0) is 28.8. The Kier molecular flexibility index (Phi) is 7.64. The van der Waals surface area contributed by atoms with Crippen molar-refractivity contribution in [2.75, 3.05) is 21.4 Å². The van der Waals surface area contributed by atoms with Crippen LogP contribution in [0.1, 0.15) is 0 Å². The zero-order valence-corrected chi connectivity index (χ0v) is 21.6. The molecule has 0 atom stereocenters. The number of fused-ring (bicyclic) bond motifs is 1. The van der Waals surface area contributed by atoms with Gasteiger partial charge < -0.3 is 10.6 Å². The second-order valence-corrected chi connectivity index (χ2v) is 8.65. The molecule has 0 saturated heterocycles. The number of non-ortho nitro benzene ring substituents is 2. The molecule has 0 spiro atoms. The Morgan fingerprint density at radius 2 is 1.24 bits per heavy atom. The summed E-state index contributed by atoms with van der Waals surface area (Å²) in [6.45, 7) is 0. The highest BCUT2D eigenvalue weighted by molar-refractivity contribution is 7.80. The van der Waals surface area contributed by atoms with Gasteiger partial charge in [0.15, 0.2) is 5.11 Å². The van der Waals surface area contributed by atoms with Gasteiger partial charge in [0.1, 0.15) is 0 Å². The summed E-state index contributed by atoms with van der Waals surface area (Å²) in [6, 6.07) is 20.8. The molecule has 204 valence electrons. The molecule has 5 rings (SSSR count). The normalized spacial score (nSPS) is 10.4. The van der Waals surface area contributed by atoms with Crippen LogP contribution in [0, 0.1) is 20.2 Å². The quantitative estimate of drug-likeness (QED) is 0.0898. The number of anilines is 6. The van der Waals surface area contributed by atoms with Gasteiger partial charge in [-0.15, -0.1) is 0 Å². The maximum absolute atomic E-state index is 11.0. The van der Waals surface area contributed by atoms with Crippen molar-refractivity contribution in [1.29, 1.82) is 0 Å². The Bertz CT molecular complexity index is 1670. The molecule has 5 aromatic rings. The molecular formula is C25H19N11O4S. The average Bonchev–Trinajstić information content (AvgIpc) is 2.96. The fourth-order valence-corrected chi connectivity index (χ4v) is 3.74. The smallest absolute Gasteiger partial charge is 0.269 e. The molecule has 0 fully saturated rings. The lowest BCUT2D eigenvalue weighted by Crippen LogP contribution is -2.34. The molecule has 0 aliphatic rings. The van der Waals surface area contributed by atoms with Gasteiger partial charge in [0.25, 0.3) is 11.4 Å². The largest absolute Gasteiger partial charge is 0.324 e. The van der Waals surface area contributed by atoms with Crippen molar-refractivity contribution in [3.8, 4) is 0 Å². The topological polar surface area (TPSA) is 198 Å². The average molecular weight is 570 g/mol. The molecule has 2 heterocycles. The Labute approximate surface area is 236 Å². The van der Waals surface area contributed by atoms with Gasteiger partial charge in [-0.25, -0.2) is 0 Å². The maximum atomic E-state index is 11.0. The number of nitrogens with zero attached hydrogens (tertiary/aromatic N) is 6. The van der Waals surface area contributed by atoms with E-state index in [9.17, 15) is 20.2 Å². The van der Waals surface area contributed by atoms with E-state index in [2.05, 4.69) is 46.7 Å². The van der Waals surface area contributed by atoms with Gasteiger partial charge >= 0.3 is 0 Å². The number of aromatic nitrogens is 4. The van der Waals surface area contributed by atoms with Crippen LogP contribution in [-0.2, 0) is 0 Å². The van der Waals surface area contributed by atoms with Crippen molar-refractivity contribution in [1.82, 2.24) is 25.4 Å². The molecule has 41 heavy (non-hydrogen) atoms. The summed E-state index contributed by atoms with van der Waals surface area (Å²) in [5.74, 6) is 0.251. The molecule has 2 aromatic heterocycles. The number of hydrogen-bond donors (Lipinski definition) is 5. The number of hydrazine groups is 1. The highest BCUT2D eigenvalue weighted by Gasteiger charge is 2.12. The van der Waals surface area contributed by atoms with Gasteiger partial charge in [-0.2, -0.15) is 15.0 Å². The van der Waals surface area contributed by atoms with E-state index >= 15 is 0 Å². The van der Waals surface area contributed by atoms with Crippen molar-refractivity contribution in [3.05, 3.63) is 105 Å². The summed E-state index contributed by atoms with van der Waals surface area (Å²) in [7, 11) is 0. The molecule has 0 saturated carbocycles. The van der Waals surface area contributed by atoms with Gasteiger partial charge in [0.2, 0.25) is 17.8 Å². The number of nitro benzene ring substituents is 2. The van der Waals surface area contributed by atoms with E-state index in [0.717, 1.165) is 16.6 Å². The van der Waals surface area contributed by atoms with Gasteiger partial charge in [0.05, 0.1) is 21.1 Å². The predicted octanol–water partition coefficient (Wildman–Crippen LogP) is 5.04. The number of rotatable bonds is 9. The van der Waals surface area contributed by atoms with Crippen LogP contribution in [0.4, 0.5) is 46.3 Å². The number of para-hydroxylation sites is 1. The second-order valence-electron chi connectivity index (χ2n) is 8.24. The lowest BCUT2D eigenvalue weighted by molar-refractivity contribution is -0.385. The third-order valence-electron chi connectivity index (χ3n) is 5.49. The summed E-state index contributed by atoms with van der Waals surface area (Å²) < 4.78 is 0. The first-order chi connectivity index (χ1) is 19.8. The fourth-order valence-electron chi connectivity index (χ4n) is 3.60. The Hall–Kier alpha value is -6.03. The number of nitrogens with one attached hydrogen (secondary N) is 5. The molecule has 0 unspecified atom stereocenters. The van der Waals surface area contributed by atoms with Gasteiger partial charge in [0, 0.05) is 47.2 Å². The van der Waals surface area contributed by atoms with Crippen molar-refractivity contribution >= 4 is 74.5 Å². The highest BCUT2D eigenvalue weighted by atomic mass is 32.1. The number of pyridine rings is 1.